The van der Waals surface area contributed by atoms with E-state index >= 15 is 0 Å². The van der Waals surface area contributed by atoms with Gasteiger partial charge in [0.05, 0.1) is 49.3 Å². The number of quaternary nitrogens is 3. The highest BCUT2D eigenvalue weighted by Crippen LogP contribution is 2.17. The summed E-state index contributed by atoms with van der Waals surface area (Å²) in [6, 6.07) is 0. The van der Waals surface area contributed by atoms with Crippen LogP contribution in [0.25, 0.3) is 0 Å². The second-order valence-electron chi connectivity index (χ2n) is 7.61. The molecule has 0 fully saturated rings. The van der Waals surface area contributed by atoms with Crippen molar-refractivity contribution in [2.75, 3.05) is 49.3 Å². The van der Waals surface area contributed by atoms with Gasteiger partial charge in [0.15, 0.2) is 0 Å². The number of rotatable bonds is 6. The van der Waals surface area contributed by atoms with Gasteiger partial charge in [0.2, 0.25) is 5.72 Å². The Morgan fingerprint density at radius 1 is 0.842 bits per heavy atom. The first-order valence-electron chi connectivity index (χ1n) is 6.45. The maximum Gasteiger partial charge on any atom is 0.275 e. The molecule has 6 heteroatoms. The molecule has 0 bridgehead atoms. The van der Waals surface area contributed by atoms with E-state index in [1.54, 1.807) is 0 Å². The highest BCUT2D eigenvalue weighted by Gasteiger charge is 2.45. The SMILES string of the molecule is C[NH+](OC(C)(C)[N+](C)(C)C)C(C)(C)O[N+](C)(C)C.[I-]. The molecule has 0 aromatic carbocycles. The van der Waals surface area contributed by atoms with Gasteiger partial charge in [0, 0.05) is 27.7 Å². The summed E-state index contributed by atoms with van der Waals surface area (Å²) in [7, 11) is 14.4. The van der Waals surface area contributed by atoms with Crippen molar-refractivity contribution in [1.29, 1.82) is 0 Å². The quantitative estimate of drug-likeness (QED) is 0.230. The third-order valence-electron chi connectivity index (χ3n) is 3.37. The minimum absolute atomic E-state index is 0. The molecule has 0 spiro atoms. The van der Waals surface area contributed by atoms with Gasteiger partial charge in [-0.25, -0.2) is 0 Å². The topological polar surface area (TPSA) is 22.9 Å². The van der Waals surface area contributed by atoms with Crippen LogP contribution in [0.3, 0.4) is 0 Å². The minimum atomic E-state index is -0.426. The zero-order valence-electron chi connectivity index (χ0n) is 14.6. The predicted molar refractivity (Wildman–Crippen MR) is 73.3 cm³/mol. The number of nitrogens with zero attached hydrogens (tertiary/aromatic N) is 2. The minimum Gasteiger partial charge on any atom is -1.00 e. The molecule has 0 heterocycles. The lowest BCUT2D eigenvalue weighted by Gasteiger charge is -2.42. The predicted octanol–water partition coefficient (Wildman–Crippen LogP) is -2.75. The van der Waals surface area contributed by atoms with Crippen LogP contribution >= 0.6 is 0 Å². The molecular formula is C13H34IN3O2+2. The summed E-state index contributed by atoms with van der Waals surface area (Å²) in [5.74, 6) is 0. The number of nitrogens with one attached hydrogen (secondary N) is 1. The molecule has 5 nitrogen and oxygen atoms in total. The Hall–Kier alpha value is 0.530. The fraction of sp³-hybridized carbons (Fsp3) is 1.00. The molecule has 0 aliphatic carbocycles. The first kappa shape index (κ1) is 21.8. The summed E-state index contributed by atoms with van der Waals surface area (Å²) in [6.45, 7) is 8.27. The molecule has 1 unspecified atom stereocenters. The van der Waals surface area contributed by atoms with Gasteiger partial charge in [-0.3, -0.25) is 4.48 Å². The lowest BCUT2D eigenvalue weighted by atomic mass is 10.2. The van der Waals surface area contributed by atoms with Gasteiger partial charge in [-0.1, -0.05) is 0 Å². The van der Waals surface area contributed by atoms with Gasteiger partial charge in [0.1, 0.15) is 0 Å². The number of halogens is 1. The molecule has 1 N–H and O–H groups in total. The monoisotopic (exact) mass is 391 g/mol. The Morgan fingerprint density at radius 3 is 1.47 bits per heavy atom. The van der Waals surface area contributed by atoms with Crippen molar-refractivity contribution in [2.24, 2.45) is 0 Å². The number of hydrogen-bond acceptors (Lipinski definition) is 2. The van der Waals surface area contributed by atoms with E-state index in [2.05, 4.69) is 35.0 Å². The molecule has 19 heavy (non-hydrogen) atoms. The standard InChI is InChI=1S/C13H33N3O2.HI/c1-12(2,18-16(9,10)11)14(5)17-13(3,4)15(6,7)8;/h1-11H3;1H/q+2;. The normalized spacial score (nSPS) is 15.9. The van der Waals surface area contributed by atoms with Crippen molar-refractivity contribution < 1.29 is 47.8 Å². The van der Waals surface area contributed by atoms with Crippen LogP contribution in [-0.4, -0.2) is 69.9 Å². The van der Waals surface area contributed by atoms with Crippen LogP contribution < -0.4 is 29.0 Å². The summed E-state index contributed by atoms with van der Waals surface area (Å²) in [5.41, 5.74) is -0.722. The van der Waals surface area contributed by atoms with Crippen LogP contribution in [0, 0.1) is 0 Å². The molecular weight excluding hydrogens is 357 g/mol. The lowest BCUT2D eigenvalue weighted by molar-refractivity contribution is -1.22. The van der Waals surface area contributed by atoms with E-state index in [1.165, 1.54) is 0 Å². The van der Waals surface area contributed by atoms with Crippen LogP contribution in [-0.2, 0) is 9.68 Å². The number of hydrogen-bond donors (Lipinski definition) is 1. The third-order valence-corrected chi connectivity index (χ3v) is 3.37. The zero-order chi connectivity index (χ0) is 15.0. The van der Waals surface area contributed by atoms with Crippen LogP contribution in [0.15, 0.2) is 0 Å². The zero-order valence-corrected chi connectivity index (χ0v) is 16.7. The van der Waals surface area contributed by atoms with Gasteiger partial charge in [-0.15, -0.1) is 9.68 Å². The Labute approximate surface area is 136 Å². The van der Waals surface area contributed by atoms with Crippen molar-refractivity contribution in [3.05, 3.63) is 0 Å². The maximum absolute atomic E-state index is 6.17. The van der Waals surface area contributed by atoms with E-state index in [9.17, 15) is 0 Å². The second kappa shape index (κ2) is 6.53. The first-order valence-corrected chi connectivity index (χ1v) is 6.45. The highest BCUT2D eigenvalue weighted by molar-refractivity contribution is 4.50. The van der Waals surface area contributed by atoms with Crippen molar-refractivity contribution in [3.8, 4) is 0 Å². The summed E-state index contributed by atoms with van der Waals surface area (Å²) in [5, 5.41) is 0.897. The summed E-state index contributed by atoms with van der Waals surface area (Å²) in [4.78, 5) is 12.2. The van der Waals surface area contributed by atoms with E-state index in [-0.39, 0.29) is 29.7 Å². The average Bonchev–Trinajstić information content (AvgIpc) is 1.95. The molecule has 0 radical (unpaired) electrons. The van der Waals surface area contributed by atoms with E-state index in [4.69, 9.17) is 9.68 Å². The molecule has 0 amide bonds. The largest absolute Gasteiger partial charge is 1.00 e. The molecule has 0 aliphatic rings. The molecule has 0 aliphatic heterocycles. The van der Waals surface area contributed by atoms with Crippen LogP contribution in [0.2, 0.25) is 0 Å². The van der Waals surface area contributed by atoms with Gasteiger partial charge >= 0.3 is 0 Å². The summed E-state index contributed by atoms with van der Waals surface area (Å²) < 4.78 is 1.17. The van der Waals surface area contributed by atoms with Crippen molar-refractivity contribution >= 4 is 0 Å². The molecule has 118 valence electrons. The van der Waals surface area contributed by atoms with E-state index in [0.717, 1.165) is 9.55 Å². The summed E-state index contributed by atoms with van der Waals surface area (Å²) >= 11 is 0. The van der Waals surface area contributed by atoms with Crippen molar-refractivity contribution in [3.63, 3.8) is 0 Å². The Morgan fingerprint density at radius 2 is 1.21 bits per heavy atom. The van der Waals surface area contributed by atoms with Gasteiger partial charge in [-0.2, -0.15) is 9.71 Å². The molecule has 0 saturated carbocycles. The van der Waals surface area contributed by atoms with E-state index in [0.29, 0.717) is 4.65 Å². The summed E-state index contributed by atoms with van der Waals surface area (Å²) in [6.07, 6.45) is 0. The maximum atomic E-state index is 6.17. The van der Waals surface area contributed by atoms with Crippen LogP contribution in [0.1, 0.15) is 27.7 Å². The average molecular weight is 391 g/mol. The molecule has 0 saturated heterocycles. The Kier molecular flexibility index (Phi) is 7.50. The fourth-order valence-electron chi connectivity index (χ4n) is 1.38. The van der Waals surface area contributed by atoms with Crippen LogP contribution in [0.5, 0.6) is 0 Å². The van der Waals surface area contributed by atoms with E-state index in [1.807, 2.05) is 42.0 Å². The number of hydroxylamine groups is 5. The fourth-order valence-corrected chi connectivity index (χ4v) is 1.38. The van der Waals surface area contributed by atoms with Gasteiger partial charge in [0.25, 0.3) is 5.72 Å². The van der Waals surface area contributed by atoms with Crippen molar-refractivity contribution in [1.82, 2.24) is 0 Å². The molecule has 0 aromatic rings. The second-order valence-corrected chi connectivity index (χ2v) is 7.61. The van der Waals surface area contributed by atoms with E-state index < -0.39 is 5.72 Å². The van der Waals surface area contributed by atoms with Gasteiger partial charge in [-0.05, 0) is 0 Å². The van der Waals surface area contributed by atoms with Crippen LogP contribution in [0.4, 0.5) is 0 Å². The van der Waals surface area contributed by atoms with Crippen molar-refractivity contribution in [2.45, 2.75) is 39.1 Å². The smallest absolute Gasteiger partial charge is 0.275 e. The molecule has 0 aromatic heterocycles. The first-order chi connectivity index (χ1) is 7.58. The highest BCUT2D eigenvalue weighted by atomic mass is 127. The molecule has 1 atom stereocenters. The third kappa shape index (κ3) is 7.19. The molecule has 0 rings (SSSR count). The lowest BCUT2D eigenvalue weighted by Crippen LogP contribution is -3.18. The Bertz CT molecular complexity index is 281. The van der Waals surface area contributed by atoms with Gasteiger partial charge < -0.3 is 24.0 Å². The Balaban J connectivity index is 0.